The normalized spacial score (nSPS) is 15.2. The molecular weight excluding hydrogens is 487 g/mol. The van der Waals surface area contributed by atoms with Crippen LogP contribution in [-0.2, 0) is 9.59 Å². The van der Waals surface area contributed by atoms with E-state index in [0.29, 0.717) is 15.8 Å². The van der Waals surface area contributed by atoms with Gasteiger partial charge in [-0.1, -0.05) is 47.3 Å². The molecule has 0 saturated heterocycles. The lowest BCUT2D eigenvalue weighted by molar-refractivity contribution is -0.126. The lowest BCUT2D eigenvalue weighted by atomic mass is 9.94. The van der Waals surface area contributed by atoms with Crippen LogP contribution in [0.2, 0.25) is 0 Å². The standard InChI is InChI=1S/C23H25BrClFN2O3/c1-31-18-10-7-15(8-11-18)22(23(30)27-17-5-3-2-4-6-17)28(21(29)14-25)20-12-9-16(24)13-19(20)26/h7-13,17,22H,2-6,14H2,1H3,(H,27,30)/t22-/m1/s1. The van der Waals surface area contributed by atoms with Crippen molar-refractivity contribution in [2.24, 2.45) is 0 Å². The summed E-state index contributed by atoms with van der Waals surface area (Å²) in [5.74, 6) is -1.34. The predicted octanol–water partition coefficient (Wildman–Crippen LogP) is 5.36. The Hall–Kier alpha value is -2.12. The number of nitrogens with zero attached hydrogens (tertiary/aromatic N) is 1. The van der Waals surface area contributed by atoms with Crippen LogP contribution in [0.4, 0.5) is 10.1 Å². The molecule has 1 atom stereocenters. The highest BCUT2D eigenvalue weighted by molar-refractivity contribution is 9.10. The van der Waals surface area contributed by atoms with Gasteiger partial charge in [0.1, 0.15) is 23.5 Å². The molecule has 1 saturated carbocycles. The van der Waals surface area contributed by atoms with Crippen molar-refractivity contribution in [2.45, 2.75) is 44.2 Å². The molecule has 5 nitrogen and oxygen atoms in total. The second-order valence-electron chi connectivity index (χ2n) is 7.51. The number of carbonyl (C=O) groups is 2. The minimum Gasteiger partial charge on any atom is -0.497 e. The van der Waals surface area contributed by atoms with E-state index in [9.17, 15) is 14.0 Å². The molecule has 0 bridgehead atoms. The molecule has 166 valence electrons. The largest absolute Gasteiger partial charge is 0.497 e. The van der Waals surface area contributed by atoms with E-state index in [-0.39, 0.29) is 17.6 Å². The second-order valence-corrected chi connectivity index (χ2v) is 8.70. The van der Waals surface area contributed by atoms with Gasteiger partial charge in [0.2, 0.25) is 11.8 Å². The molecule has 0 heterocycles. The van der Waals surface area contributed by atoms with Crippen LogP contribution >= 0.6 is 27.5 Å². The summed E-state index contributed by atoms with van der Waals surface area (Å²) in [7, 11) is 1.54. The number of nitrogens with one attached hydrogen (secondary N) is 1. The summed E-state index contributed by atoms with van der Waals surface area (Å²) in [5, 5.41) is 3.07. The maximum absolute atomic E-state index is 14.9. The third-order valence-electron chi connectivity index (χ3n) is 5.44. The first-order valence-corrected chi connectivity index (χ1v) is 11.5. The second kappa shape index (κ2) is 11.0. The first-order valence-electron chi connectivity index (χ1n) is 10.2. The molecule has 2 aromatic carbocycles. The van der Waals surface area contributed by atoms with E-state index in [0.717, 1.165) is 37.0 Å². The van der Waals surface area contributed by atoms with Gasteiger partial charge in [-0.25, -0.2) is 4.39 Å². The molecule has 1 N–H and O–H groups in total. The van der Waals surface area contributed by atoms with E-state index in [1.54, 1.807) is 37.4 Å². The van der Waals surface area contributed by atoms with Gasteiger partial charge in [0.15, 0.2) is 0 Å². The Kier molecular flexibility index (Phi) is 8.32. The van der Waals surface area contributed by atoms with Gasteiger partial charge in [-0.05, 0) is 48.7 Å². The van der Waals surface area contributed by atoms with Crippen molar-refractivity contribution < 1.29 is 18.7 Å². The highest BCUT2D eigenvalue weighted by Crippen LogP contribution is 2.33. The average molecular weight is 512 g/mol. The summed E-state index contributed by atoms with van der Waals surface area (Å²) in [5.41, 5.74) is 0.531. The Balaban J connectivity index is 2.05. The van der Waals surface area contributed by atoms with E-state index in [4.69, 9.17) is 16.3 Å². The Bertz CT molecular complexity index is 920. The van der Waals surface area contributed by atoms with E-state index < -0.39 is 23.6 Å². The first kappa shape index (κ1) is 23.5. The van der Waals surface area contributed by atoms with Crippen LogP contribution in [0.15, 0.2) is 46.9 Å². The zero-order chi connectivity index (χ0) is 22.4. The number of hydrogen-bond donors (Lipinski definition) is 1. The number of rotatable bonds is 7. The quantitative estimate of drug-likeness (QED) is 0.509. The minimum atomic E-state index is -1.07. The number of alkyl halides is 1. The fourth-order valence-corrected chi connectivity index (χ4v) is 4.35. The number of methoxy groups -OCH3 is 1. The Morgan fingerprint density at radius 3 is 2.45 bits per heavy atom. The fourth-order valence-electron chi connectivity index (χ4n) is 3.89. The Labute approximate surface area is 195 Å². The molecule has 1 fully saturated rings. The van der Waals surface area contributed by atoms with Crippen molar-refractivity contribution >= 4 is 45.0 Å². The predicted molar refractivity (Wildman–Crippen MR) is 123 cm³/mol. The first-order chi connectivity index (χ1) is 14.9. The van der Waals surface area contributed by atoms with Crippen LogP contribution in [0, 0.1) is 5.82 Å². The van der Waals surface area contributed by atoms with Crippen molar-refractivity contribution in [3.05, 3.63) is 58.3 Å². The Morgan fingerprint density at radius 2 is 1.87 bits per heavy atom. The van der Waals surface area contributed by atoms with Gasteiger partial charge in [0, 0.05) is 10.5 Å². The highest BCUT2D eigenvalue weighted by Gasteiger charge is 2.35. The number of anilines is 1. The highest BCUT2D eigenvalue weighted by atomic mass is 79.9. The summed E-state index contributed by atoms with van der Waals surface area (Å²) in [4.78, 5) is 27.5. The van der Waals surface area contributed by atoms with Gasteiger partial charge >= 0.3 is 0 Å². The molecular formula is C23H25BrClFN2O3. The third kappa shape index (κ3) is 5.77. The van der Waals surface area contributed by atoms with E-state index in [2.05, 4.69) is 21.2 Å². The van der Waals surface area contributed by atoms with Crippen LogP contribution in [-0.4, -0.2) is 30.8 Å². The molecule has 1 aliphatic carbocycles. The average Bonchev–Trinajstić information content (AvgIpc) is 2.78. The SMILES string of the molecule is COc1ccc([C@H](C(=O)NC2CCCCC2)N(C(=O)CCl)c2ccc(Br)cc2F)cc1. The van der Waals surface area contributed by atoms with E-state index >= 15 is 0 Å². The third-order valence-corrected chi connectivity index (χ3v) is 6.16. The molecule has 1 aliphatic rings. The van der Waals surface area contributed by atoms with Crippen molar-refractivity contribution in [1.82, 2.24) is 5.32 Å². The molecule has 8 heteroatoms. The molecule has 0 aromatic heterocycles. The van der Waals surface area contributed by atoms with Crippen molar-refractivity contribution in [2.75, 3.05) is 17.9 Å². The molecule has 0 aliphatic heterocycles. The summed E-state index contributed by atoms with van der Waals surface area (Å²) < 4.78 is 20.6. The van der Waals surface area contributed by atoms with Gasteiger partial charge < -0.3 is 10.1 Å². The summed E-state index contributed by atoms with van der Waals surface area (Å²) in [6.45, 7) is 0. The Morgan fingerprint density at radius 1 is 1.19 bits per heavy atom. The number of hydrogen-bond acceptors (Lipinski definition) is 3. The number of halogens is 3. The van der Waals surface area contributed by atoms with Gasteiger partial charge in [-0.3, -0.25) is 14.5 Å². The molecule has 0 unspecified atom stereocenters. The van der Waals surface area contributed by atoms with E-state index in [1.165, 1.54) is 12.1 Å². The summed E-state index contributed by atoms with van der Waals surface area (Å²) in [6.07, 6.45) is 5.01. The van der Waals surface area contributed by atoms with Crippen molar-refractivity contribution in [3.8, 4) is 5.75 Å². The topological polar surface area (TPSA) is 58.6 Å². The number of ether oxygens (including phenoxy) is 1. The number of amides is 2. The van der Waals surface area contributed by atoms with Gasteiger partial charge in [0.05, 0.1) is 12.8 Å². The smallest absolute Gasteiger partial charge is 0.248 e. The molecule has 0 spiro atoms. The van der Waals surface area contributed by atoms with Crippen LogP contribution in [0.3, 0.4) is 0 Å². The lowest BCUT2D eigenvalue weighted by Crippen LogP contribution is -2.48. The van der Waals surface area contributed by atoms with Gasteiger partial charge in [0.25, 0.3) is 0 Å². The zero-order valence-electron chi connectivity index (χ0n) is 17.2. The number of benzene rings is 2. The fraction of sp³-hybridized carbons (Fsp3) is 0.391. The monoisotopic (exact) mass is 510 g/mol. The van der Waals surface area contributed by atoms with Crippen LogP contribution in [0.5, 0.6) is 5.75 Å². The van der Waals surface area contributed by atoms with E-state index in [1.807, 2.05) is 0 Å². The zero-order valence-corrected chi connectivity index (χ0v) is 19.6. The lowest BCUT2D eigenvalue weighted by Gasteiger charge is -2.33. The summed E-state index contributed by atoms with van der Waals surface area (Å²) in [6, 6.07) is 10.1. The maximum atomic E-state index is 14.9. The molecule has 2 amide bonds. The van der Waals surface area contributed by atoms with Crippen molar-refractivity contribution in [3.63, 3.8) is 0 Å². The van der Waals surface area contributed by atoms with Crippen LogP contribution in [0.1, 0.15) is 43.7 Å². The molecule has 0 radical (unpaired) electrons. The molecule has 31 heavy (non-hydrogen) atoms. The number of carbonyl (C=O) groups excluding carboxylic acids is 2. The minimum absolute atomic E-state index is 0.00605. The van der Waals surface area contributed by atoms with Gasteiger partial charge in [-0.15, -0.1) is 11.6 Å². The van der Waals surface area contributed by atoms with Crippen LogP contribution < -0.4 is 15.0 Å². The van der Waals surface area contributed by atoms with Crippen LogP contribution in [0.25, 0.3) is 0 Å². The molecule has 3 rings (SSSR count). The summed E-state index contributed by atoms with van der Waals surface area (Å²) >= 11 is 9.11. The maximum Gasteiger partial charge on any atom is 0.248 e. The molecule has 2 aromatic rings. The van der Waals surface area contributed by atoms with Crippen molar-refractivity contribution in [1.29, 1.82) is 0 Å². The van der Waals surface area contributed by atoms with Gasteiger partial charge in [-0.2, -0.15) is 0 Å².